The van der Waals surface area contributed by atoms with Crippen molar-refractivity contribution < 1.29 is 13.2 Å². The van der Waals surface area contributed by atoms with Gasteiger partial charge in [-0.2, -0.15) is 0 Å². The number of hydrogen-bond donors (Lipinski definition) is 0. The van der Waals surface area contributed by atoms with E-state index < -0.39 is 10.0 Å². The molecule has 1 amide bonds. The van der Waals surface area contributed by atoms with Crippen molar-refractivity contribution in [1.29, 1.82) is 0 Å². The molecule has 23 heavy (non-hydrogen) atoms. The Morgan fingerprint density at radius 3 is 2.22 bits per heavy atom. The molecule has 0 radical (unpaired) electrons. The summed E-state index contributed by atoms with van der Waals surface area (Å²) in [5, 5.41) is 0. The lowest BCUT2D eigenvalue weighted by Crippen LogP contribution is -2.44. The molecule has 128 valence electrons. The summed E-state index contributed by atoms with van der Waals surface area (Å²) in [5.41, 5.74) is 0.800. The fraction of sp³-hybridized carbons (Fsp3) is 0.588. The molecular formula is C17H26N2O3S. The van der Waals surface area contributed by atoms with E-state index in [0.29, 0.717) is 39.0 Å². The number of hydrogen-bond acceptors (Lipinski definition) is 3. The van der Waals surface area contributed by atoms with Crippen LogP contribution in [-0.2, 0) is 20.6 Å². The van der Waals surface area contributed by atoms with Gasteiger partial charge >= 0.3 is 0 Å². The third kappa shape index (κ3) is 4.54. The largest absolute Gasteiger partial charge is 0.343 e. The Kier molecular flexibility index (Phi) is 6.18. The van der Waals surface area contributed by atoms with Gasteiger partial charge in [0.15, 0.2) is 0 Å². The maximum absolute atomic E-state index is 12.5. The summed E-state index contributed by atoms with van der Waals surface area (Å²) in [4.78, 5) is 14.2. The molecule has 1 heterocycles. The molecule has 2 rings (SSSR count). The average Bonchev–Trinajstić information content (AvgIpc) is 2.56. The van der Waals surface area contributed by atoms with E-state index in [1.807, 2.05) is 49.1 Å². The van der Waals surface area contributed by atoms with E-state index in [4.69, 9.17) is 0 Å². The number of sulfonamides is 1. The molecule has 0 unspecified atom stereocenters. The first-order chi connectivity index (χ1) is 11.0. The second-order valence-corrected chi connectivity index (χ2v) is 7.89. The first-order valence-corrected chi connectivity index (χ1v) is 9.89. The molecule has 1 aromatic rings. The number of carbonyl (C=O) groups excluding carboxylic acids is 1. The molecule has 0 saturated carbocycles. The summed E-state index contributed by atoms with van der Waals surface area (Å²) < 4.78 is 26.6. The molecule has 1 aliphatic heterocycles. The van der Waals surface area contributed by atoms with Crippen LogP contribution in [0.25, 0.3) is 0 Å². The maximum Gasteiger partial charge on any atom is 0.225 e. The van der Waals surface area contributed by atoms with Gasteiger partial charge in [0.25, 0.3) is 0 Å². The van der Waals surface area contributed by atoms with Crippen LogP contribution in [0.4, 0.5) is 0 Å². The molecule has 5 nitrogen and oxygen atoms in total. The molecule has 1 aromatic carbocycles. The van der Waals surface area contributed by atoms with Gasteiger partial charge in [-0.05, 0) is 32.3 Å². The van der Waals surface area contributed by atoms with E-state index in [0.717, 1.165) is 5.56 Å². The standard InChI is InChI=1S/C17H26N2O3S/c1-3-18(4-2)17(20)16-10-12-19(13-11-16)23(21,22)14-15-8-6-5-7-9-15/h5-9,16H,3-4,10-14H2,1-2H3. The van der Waals surface area contributed by atoms with Gasteiger partial charge in [0, 0.05) is 32.1 Å². The Bertz CT molecular complexity index is 604. The van der Waals surface area contributed by atoms with Crippen LogP contribution in [0.3, 0.4) is 0 Å². The van der Waals surface area contributed by atoms with Crippen molar-refractivity contribution in [3.05, 3.63) is 35.9 Å². The fourth-order valence-corrected chi connectivity index (χ4v) is 4.61. The van der Waals surface area contributed by atoms with Crippen molar-refractivity contribution in [2.75, 3.05) is 26.2 Å². The lowest BCUT2D eigenvalue weighted by molar-refractivity contribution is -0.136. The van der Waals surface area contributed by atoms with Gasteiger partial charge in [-0.25, -0.2) is 12.7 Å². The zero-order valence-corrected chi connectivity index (χ0v) is 14.8. The Hall–Kier alpha value is -1.40. The van der Waals surface area contributed by atoms with Crippen LogP contribution in [0.5, 0.6) is 0 Å². The minimum absolute atomic E-state index is 0.0303. The van der Waals surface area contributed by atoms with Crippen molar-refractivity contribution >= 4 is 15.9 Å². The highest BCUT2D eigenvalue weighted by molar-refractivity contribution is 7.88. The first kappa shape index (κ1) is 17.9. The van der Waals surface area contributed by atoms with Gasteiger partial charge in [-0.15, -0.1) is 0 Å². The zero-order chi connectivity index (χ0) is 16.9. The van der Waals surface area contributed by atoms with Crippen LogP contribution in [0.15, 0.2) is 30.3 Å². The minimum Gasteiger partial charge on any atom is -0.343 e. The van der Waals surface area contributed by atoms with E-state index in [1.54, 1.807) is 0 Å². The van der Waals surface area contributed by atoms with Gasteiger partial charge in [0.2, 0.25) is 15.9 Å². The van der Waals surface area contributed by atoms with Gasteiger partial charge in [-0.3, -0.25) is 4.79 Å². The third-order valence-electron chi connectivity index (χ3n) is 4.46. The molecule has 1 fully saturated rings. The molecule has 0 atom stereocenters. The van der Waals surface area contributed by atoms with Crippen molar-refractivity contribution in [2.24, 2.45) is 5.92 Å². The molecular weight excluding hydrogens is 312 g/mol. The lowest BCUT2D eigenvalue weighted by atomic mass is 9.96. The predicted octanol–water partition coefficient (Wildman–Crippen LogP) is 2.10. The molecule has 0 spiro atoms. The molecule has 1 saturated heterocycles. The Balaban J connectivity index is 1.94. The monoisotopic (exact) mass is 338 g/mol. The maximum atomic E-state index is 12.5. The zero-order valence-electron chi connectivity index (χ0n) is 13.9. The van der Waals surface area contributed by atoms with Gasteiger partial charge < -0.3 is 4.90 Å². The summed E-state index contributed by atoms with van der Waals surface area (Å²) in [6.45, 7) is 6.24. The quantitative estimate of drug-likeness (QED) is 0.798. The Morgan fingerprint density at radius 1 is 1.13 bits per heavy atom. The van der Waals surface area contributed by atoms with Crippen LogP contribution in [0, 0.1) is 5.92 Å². The van der Waals surface area contributed by atoms with Crippen molar-refractivity contribution in [1.82, 2.24) is 9.21 Å². The SMILES string of the molecule is CCN(CC)C(=O)C1CCN(S(=O)(=O)Cc2ccccc2)CC1. The summed E-state index contributed by atoms with van der Waals surface area (Å²) in [6, 6.07) is 9.22. The molecule has 0 N–H and O–H groups in total. The van der Waals surface area contributed by atoms with Crippen LogP contribution < -0.4 is 0 Å². The van der Waals surface area contributed by atoms with Crippen LogP contribution in [0.1, 0.15) is 32.3 Å². The number of rotatable bonds is 6. The van der Waals surface area contributed by atoms with Crippen LogP contribution in [0.2, 0.25) is 0 Å². The minimum atomic E-state index is -3.31. The Morgan fingerprint density at radius 2 is 1.70 bits per heavy atom. The first-order valence-electron chi connectivity index (χ1n) is 8.28. The fourth-order valence-electron chi connectivity index (χ4n) is 3.05. The lowest BCUT2D eigenvalue weighted by Gasteiger charge is -2.33. The van der Waals surface area contributed by atoms with Gasteiger partial charge in [0.1, 0.15) is 0 Å². The topological polar surface area (TPSA) is 57.7 Å². The smallest absolute Gasteiger partial charge is 0.225 e. The summed E-state index contributed by atoms with van der Waals surface area (Å²) in [5.74, 6) is 0.149. The summed E-state index contributed by atoms with van der Waals surface area (Å²) in [7, 11) is -3.31. The van der Waals surface area contributed by atoms with Gasteiger partial charge in [0.05, 0.1) is 5.75 Å². The highest BCUT2D eigenvalue weighted by atomic mass is 32.2. The highest BCUT2D eigenvalue weighted by Gasteiger charge is 2.32. The van der Waals surface area contributed by atoms with E-state index in [2.05, 4.69) is 0 Å². The van der Waals surface area contributed by atoms with Crippen molar-refractivity contribution in [3.63, 3.8) is 0 Å². The summed E-state index contributed by atoms with van der Waals surface area (Å²) in [6.07, 6.45) is 1.23. The number of piperidine rings is 1. The van der Waals surface area contributed by atoms with Gasteiger partial charge in [-0.1, -0.05) is 30.3 Å². The van der Waals surface area contributed by atoms with E-state index in [1.165, 1.54) is 4.31 Å². The van der Waals surface area contributed by atoms with Crippen molar-refractivity contribution in [3.8, 4) is 0 Å². The molecule has 1 aliphatic rings. The summed E-state index contributed by atoms with van der Waals surface area (Å²) >= 11 is 0. The number of nitrogens with zero attached hydrogens (tertiary/aromatic N) is 2. The molecule has 0 bridgehead atoms. The van der Waals surface area contributed by atoms with E-state index in [-0.39, 0.29) is 17.6 Å². The predicted molar refractivity (Wildman–Crippen MR) is 91.3 cm³/mol. The second kappa shape index (κ2) is 7.93. The second-order valence-electron chi connectivity index (χ2n) is 5.93. The number of carbonyl (C=O) groups is 1. The number of benzene rings is 1. The van der Waals surface area contributed by atoms with E-state index in [9.17, 15) is 13.2 Å². The van der Waals surface area contributed by atoms with Crippen molar-refractivity contribution in [2.45, 2.75) is 32.4 Å². The van der Waals surface area contributed by atoms with E-state index >= 15 is 0 Å². The van der Waals surface area contributed by atoms with Crippen LogP contribution in [-0.4, -0.2) is 49.7 Å². The normalized spacial score (nSPS) is 17.1. The highest BCUT2D eigenvalue weighted by Crippen LogP contribution is 2.23. The molecule has 0 aliphatic carbocycles. The van der Waals surface area contributed by atoms with Crippen LogP contribution >= 0.6 is 0 Å². The Labute approximate surface area is 139 Å². The molecule has 6 heteroatoms. The third-order valence-corrected chi connectivity index (χ3v) is 6.31. The molecule has 0 aromatic heterocycles. The number of amides is 1. The average molecular weight is 338 g/mol.